The molecule has 5 heteroatoms. The van der Waals surface area contributed by atoms with E-state index in [0.29, 0.717) is 36.3 Å². The van der Waals surface area contributed by atoms with Gasteiger partial charge in [0.2, 0.25) is 6.08 Å². The molecule has 0 amide bonds. The molecular weight excluding hydrogens is 249 g/mol. The summed E-state index contributed by atoms with van der Waals surface area (Å²) in [6, 6.07) is 3.09. The molecule has 100 valence electrons. The van der Waals surface area contributed by atoms with Crippen molar-refractivity contribution in [2.45, 2.75) is 37.8 Å². The van der Waals surface area contributed by atoms with E-state index in [2.05, 4.69) is 4.99 Å². The Labute approximate surface area is 110 Å². The van der Waals surface area contributed by atoms with Crippen LogP contribution in [0.3, 0.4) is 0 Å². The number of hydrogen-bond donors (Lipinski definition) is 0. The van der Waals surface area contributed by atoms with E-state index in [4.69, 9.17) is 9.47 Å². The number of nitrogens with zero attached hydrogens (tertiary/aromatic N) is 1. The molecule has 0 radical (unpaired) electrons. The molecular formula is C14H14FNO3. The smallest absolute Gasteiger partial charge is 0.235 e. The number of fused-ring (bicyclic) bond motifs is 1. The van der Waals surface area contributed by atoms with Crippen molar-refractivity contribution in [1.82, 2.24) is 0 Å². The van der Waals surface area contributed by atoms with Gasteiger partial charge < -0.3 is 9.47 Å². The van der Waals surface area contributed by atoms with Gasteiger partial charge in [-0.1, -0.05) is 12.8 Å². The lowest BCUT2D eigenvalue weighted by molar-refractivity contribution is -0.0167. The molecule has 19 heavy (non-hydrogen) atoms. The average Bonchev–Trinajstić information content (AvgIpc) is 2.88. The Balaban J connectivity index is 2.10. The maximum Gasteiger partial charge on any atom is 0.235 e. The third-order valence-corrected chi connectivity index (χ3v) is 3.90. The van der Waals surface area contributed by atoms with Gasteiger partial charge in [0, 0.05) is 11.1 Å². The van der Waals surface area contributed by atoms with Gasteiger partial charge in [0.15, 0.2) is 6.79 Å². The Hall–Kier alpha value is -1.71. The predicted molar refractivity (Wildman–Crippen MR) is 65.0 cm³/mol. The molecule has 1 aromatic rings. The summed E-state index contributed by atoms with van der Waals surface area (Å²) in [5.41, 5.74) is 0.368. The highest BCUT2D eigenvalue weighted by atomic mass is 19.1. The third kappa shape index (κ3) is 2.05. The zero-order valence-electron chi connectivity index (χ0n) is 10.4. The summed E-state index contributed by atoms with van der Waals surface area (Å²) in [5.74, 6) is 0.267. The van der Waals surface area contributed by atoms with Crippen molar-refractivity contribution >= 4 is 6.08 Å². The fourth-order valence-corrected chi connectivity index (χ4v) is 2.94. The van der Waals surface area contributed by atoms with Crippen LogP contribution in [0.15, 0.2) is 17.1 Å². The minimum atomic E-state index is -0.761. The lowest BCUT2D eigenvalue weighted by Crippen LogP contribution is -2.22. The van der Waals surface area contributed by atoms with E-state index in [1.807, 2.05) is 0 Å². The van der Waals surface area contributed by atoms with Crippen molar-refractivity contribution in [1.29, 1.82) is 0 Å². The number of carbonyl (C=O) groups excluding carboxylic acids is 1. The van der Waals surface area contributed by atoms with E-state index in [0.717, 1.165) is 12.8 Å². The quantitative estimate of drug-likeness (QED) is 0.609. The van der Waals surface area contributed by atoms with Gasteiger partial charge in [0.1, 0.15) is 17.1 Å². The molecule has 1 aliphatic heterocycles. The minimum Gasteiger partial charge on any atom is -0.467 e. The average molecular weight is 263 g/mol. The zero-order chi connectivity index (χ0) is 13.3. The predicted octanol–water partition coefficient (Wildman–Crippen LogP) is 2.80. The van der Waals surface area contributed by atoms with E-state index in [-0.39, 0.29) is 12.6 Å². The molecule has 0 unspecified atom stereocenters. The van der Waals surface area contributed by atoms with E-state index < -0.39 is 5.54 Å². The number of isocyanates is 1. The molecule has 1 aromatic carbocycles. The molecule has 3 rings (SSSR count). The Morgan fingerprint density at radius 3 is 2.84 bits per heavy atom. The van der Waals surface area contributed by atoms with Crippen LogP contribution < -0.4 is 4.74 Å². The van der Waals surface area contributed by atoms with Gasteiger partial charge in [-0.15, -0.1) is 0 Å². The highest BCUT2D eigenvalue weighted by molar-refractivity contribution is 5.45. The van der Waals surface area contributed by atoms with Gasteiger partial charge in [0.25, 0.3) is 0 Å². The van der Waals surface area contributed by atoms with E-state index in [9.17, 15) is 9.18 Å². The van der Waals surface area contributed by atoms with Gasteiger partial charge in [-0.2, -0.15) is 4.99 Å². The second kappa shape index (κ2) is 4.76. The highest BCUT2D eigenvalue weighted by Crippen LogP contribution is 2.45. The van der Waals surface area contributed by atoms with Crippen LogP contribution in [0.4, 0.5) is 4.39 Å². The first kappa shape index (κ1) is 12.3. The first-order valence-corrected chi connectivity index (χ1v) is 6.38. The second-order valence-electron chi connectivity index (χ2n) is 4.99. The number of aliphatic imine (C=N–C) groups is 1. The normalized spacial score (nSPS) is 20.3. The van der Waals surface area contributed by atoms with Gasteiger partial charge in [-0.3, -0.25) is 0 Å². The summed E-state index contributed by atoms with van der Waals surface area (Å²) >= 11 is 0. The molecule has 1 fully saturated rings. The Bertz CT molecular complexity index is 546. The van der Waals surface area contributed by atoms with E-state index in [1.54, 1.807) is 12.1 Å². The van der Waals surface area contributed by atoms with Crippen molar-refractivity contribution in [3.05, 3.63) is 29.1 Å². The van der Waals surface area contributed by atoms with Crippen LogP contribution in [0.5, 0.6) is 5.75 Å². The molecule has 1 saturated carbocycles. The number of halogens is 1. The molecule has 0 aromatic heterocycles. The molecule has 4 nitrogen and oxygen atoms in total. The fraction of sp³-hybridized carbons (Fsp3) is 0.500. The van der Waals surface area contributed by atoms with Crippen LogP contribution in [0.2, 0.25) is 0 Å². The maximum absolute atomic E-state index is 14.3. The largest absolute Gasteiger partial charge is 0.467 e. The monoisotopic (exact) mass is 263 g/mol. The summed E-state index contributed by atoms with van der Waals surface area (Å²) < 4.78 is 24.8. The molecule has 1 aliphatic carbocycles. The third-order valence-electron chi connectivity index (χ3n) is 3.90. The van der Waals surface area contributed by atoms with E-state index >= 15 is 0 Å². The van der Waals surface area contributed by atoms with Crippen molar-refractivity contribution in [3.63, 3.8) is 0 Å². The molecule has 0 saturated heterocycles. The van der Waals surface area contributed by atoms with Crippen molar-refractivity contribution in [2.24, 2.45) is 4.99 Å². The van der Waals surface area contributed by atoms with Crippen LogP contribution in [0.1, 0.15) is 36.8 Å². The first-order chi connectivity index (χ1) is 9.25. The molecule has 1 heterocycles. The van der Waals surface area contributed by atoms with Crippen LogP contribution in [0, 0.1) is 5.82 Å². The van der Waals surface area contributed by atoms with Crippen LogP contribution in [-0.2, 0) is 21.7 Å². The molecule has 0 N–H and O–H groups in total. The van der Waals surface area contributed by atoms with Crippen LogP contribution in [-0.4, -0.2) is 12.9 Å². The molecule has 2 aliphatic rings. The number of ether oxygens (including phenoxy) is 2. The van der Waals surface area contributed by atoms with Crippen molar-refractivity contribution in [2.75, 3.05) is 6.79 Å². The zero-order valence-corrected chi connectivity index (χ0v) is 10.4. The van der Waals surface area contributed by atoms with Gasteiger partial charge in [0.05, 0.1) is 6.61 Å². The van der Waals surface area contributed by atoms with Crippen molar-refractivity contribution in [3.8, 4) is 5.75 Å². The standard InChI is InChI=1S/C14H14FNO3/c15-12-5-10-7-18-9-19-13(10)6-11(12)14(16-8-17)3-1-2-4-14/h5-6H,1-4,7,9H2. The minimum absolute atomic E-state index is 0.169. The summed E-state index contributed by atoms with van der Waals surface area (Å²) in [7, 11) is 0. The topological polar surface area (TPSA) is 47.9 Å². The fourth-order valence-electron chi connectivity index (χ4n) is 2.94. The number of benzene rings is 1. The summed E-state index contributed by atoms with van der Waals surface area (Å²) in [6.45, 7) is 0.512. The lowest BCUT2D eigenvalue weighted by Gasteiger charge is -2.26. The van der Waals surface area contributed by atoms with Crippen LogP contribution >= 0.6 is 0 Å². The number of hydrogen-bond acceptors (Lipinski definition) is 4. The Kier molecular flexibility index (Phi) is 3.09. The summed E-state index contributed by atoms with van der Waals surface area (Å²) in [5, 5.41) is 0. The number of rotatable bonds is 2. The van der Waals surface area contributed by atoms with Gasteiger partial charge in [-0.25, -0.2) is 9.18 Å². The molecule has 0 atom stereocenters. The maximum atomic E-state index is 14.3. The Morgan fingerprint density at radius 1 is 1.32 bits per heavy atom. The Morgan fingerprint density at radius 2 is 2.11 bits per heavy atom. The highest BCUT2D eigenvalue weighted by Gasteiger charge is 2.38. The van der Waals surface area contributed by atoms with Crippen LogP contribution in [0.25, 0.3) is 0 Å². The SMILES string of the molecule is O=C=NC1(c2cc3c(cc2F)COCO3)CCCC1. The molecule has 0 bridgehead atoms. The summed E-state index contributed by atoms with van der Waals surface area (Å²) in [4.78, 5) is 14.6. The van der Waals surface area contributed by atoms with Gasteiger partial charge >= 0.3 is 0 Å². The van der Waals surface area contributed by atoms with Gasteiger partial charge in [-0.05, 0) is 25.0 Å². The van der Waals surface area contributed by atoms with E-state index in [1.165, 1.54) is 6.07 Å². The molecule has 0 spiro atoms. The van der Waals surface area contributed by atoms with Crippen molar-refractivity contribution < 1.29 is 18.7 Å². The summed E-state index contributed by atoms with van der Waals surface area (Å²) in [6.07, 6.45) is 4.82. The second-order valence-corrected chi connectivity index (χ2v) is 4.99. The lowest BCUT2D eigenvalue weighted by atomic mass is 9.87. The first-order valence-electron chi connectivity index (χ1n) is 6.38.